The topological polar surface area (TPSA) is 37.3 Å². The summed E-state index contributed by atoms with van der Waals surface area (Å²) < 4.78 is 1.04. The first kappa shape index (κ1) is 13.2. The van der Waals surface area contributed by atoms with Crippen molar-refractivity contribution in [3.05, 3.63) is 34.3 Å². The van der Waals surface area contributed by atoms with Gasteiger partial charge in [-0.2, -0.15) is 0 Å². The van der Waals surface area contributed by atoms with E-state index in [-0.39, 0.29) is 11.8 Å². The molecule has 0 saturated carbocycles. The Morgan fingerprint density at radius 3 is 2.62 bits per heavy atom. The molecule has 0 aliphatic carbocycles. The maximum Gasteiger partial charge on any atom is 0.306 e. The quantitative estimate of drug-likeness (QED) is 0.894. The van der Waals surface area contributed by atoms with Crippen LogP contribution in [-0.4, -0.2) is 11.1 Å². The average molecular weight is 285 g/mol. The van der Waals surface area contributed by atoms with Crippen LogP contribution in [0, 0.1) is 11.8 Å². The van der Waals surface area contributed by atoms with Crippen LogP contribution in [0.5, 0.6) is 0 Å². The van der Waals surface area contributed by atoms with Gasteiger partial charge >= 0.3 is 5.97 Å². The number of carboxylic acid groups (broad SMARTS) is 1. The molecule has 0 saturated heterocycles. The van der Waals surface area contributed by atoms with Crippen molar-refractivity contribution in [3.63, 3.8) is 0 Å². The molecule has 0 fully saturated rings. The van der Waals surface area contributed by atoms with Gasteiger partial charge in [-0.05, 0) is 36.5 Å². The van der Waals surface area contributed by atoms with Crippen molar-refractivity contribution in [2.45, 2.75) is 26.7 Å². The van der Waals surface area contributed by atoms with Crippen LogP contribution < -0.4 is 0 Å². The number of hydrogen-bond acceptors (Lipinski definition) is 1. The van der Waals surface area contributed by atoms with Gasteiger partial charge in [0.1, 0.15) is 0 Å². The van der Waals surface area contributed by atoms with Crippen LogP contribution in [0.25, 0.3) is 0 Å². The Balaban J connectivity index is 2.59. The highest BCUT2D eigenvalue weighted by Crippen LogP contribution is 2.20. The third kappa shape index (κ3) is 3.97. The van der Waals surface area contributed by atoms with Gasteiger partial charge < -0.3 is 5.11 Å². The minimum Gasteiger partial charge on any atom is -0.481 e. The van der Waals surface area contributed by atoms with Gasteiger partial charge in [0.2, 0.25) is 0 Å². The monoisotopic (exact) mass is 284 g/mol. The fraction of sp³-hybridized carbons (Fsp3) is 0.462. The molecule has 0 radical (unpaired) electrons. The third-order valence-electron chi connectivity index (χ3n) is 2.75. The molecule has 16 heavy (non-hydrogen) atoms. The van der Waals surface area contributed by atoms with Crippen LogP contribution in [0.3, 0.4) is 0 Å². The van der Waals surface area contributed by atoms with Crippen molar-refractivity contribution in [2.75, 3.05) is 0 Å². The highest BCUT2D eigenvalue weighted by Gasteiger charge is 2.20. The lowest BCUT2D eigenvalue weighted by atomic mass is 9.90. The summed E-state index contributed by atoms with van der Waals surface area (Å²) in [4.78, 5) is 11.0. The Hall–Kier alpha value is -0.830. The SMILES string of the molecule is CC(C)C(CCc1cccc(Br)c1)C(=O)O. The average Bonchev–Trinajstić information content (AvgIpc) is 2.16. The number of carboxylic acids is 1. The second-order valence-electron chi connectivity index (χ2n) is 4.36. The van der Waals surface area contributed by atoms with E-state index in [0.717, 1.165) is 10.9 Å². The summed E-state index contributed by atoms with van der Waals surface area (Å²) in [5.41, 5.74) is 1.18. The molecule has 1 aromatic carbocycles. The first-order chi connectivity index (χ1) is 7.50. The van der Waals surface area contributed by atoms with E-state index in [9.17, 15) is 4.79 Å². The third-order valence-corrected chi connectivity index (χ3v) is 3.25. The number of aryl methyl sites for hydroxylation is 1. The Labute approximate surface area is 105 Å². The minimum atomic E-state index is -0.690. The van der Waals surface area contributed by atoms with Gasteiger partial charge in [0.05, 0.1) is 5.92 Å². The molecule has 2 nitrogen and oxygen atoms in total. The smallest absolute Gasteiger partial charge is 0.306 e. The maximum absolute atomic E-state index is 11.0. The van der Waals surface area contributed by atoms with E-state index in [0.29, 0.717) is 6.42 Å². The van der Waals surface area contributed by atoms with Gasteiger partial charge in [-0.25, -0.2) is 0 Å². The van der Waals surface area contributed by atoms with Crippen LogP contribution in [0.15, 0.2) is 28.7 Å². The number of hydrogen-bond donors (Lipinski definition) is 1. The zero-order valence-electron chi connectivity index (χ0n) is 9.61. The molecular weight excluding hydrogens is 268 g/mol. The van der Waals surface area contributed by atoms with Crippen LogP contribution in [0.4, 0.5) is 0 Å². The summed E-state index contributed by atoms with van der Waals surface area (Å²) in [5, 5.41) is 9.07. The second kappa shape index (κ2) is 6.04. The lowest BCUT2D eigenvalue weighted by Crippen LogP contribution is -2.20. The van der Waals surface area contributed by atoms with Crippen molar-refractivity contribution in [2.24, 2.45) is 11.8 Å². The molecule has 1 unspecified atom stereocenters. The Kier molecular flexibility index (Phi) is 5.00. The van der Waals surface area contributed by atoms with Crippen molar-refractivity contribution in [3.8, 4) is 0 Å². The largest absolute Gasteiger partial charge is 0.481 e. The predicted octanol–water partition coefficient (Wildman–Crippen LogP) is 3.74. The zero-order valence-corrected chi connectivity index (χ0v) is 11.2. The van der Waals surface area contributed by atoms with Gasteiger partial charge in [0, 0.05) is 4.47 Å². The standard InChI is InChI=1S/C13H17BrO2/c1-9(2)12(13(15)16)7-6-10-4-3-5-11(14)8-10/h3-5,8-9,12H,6-7H2,1-2H3,(H,15,16). The lowest BCUT2D eigenvalue weighted by Gasteiger charge is -2.15. The van der Waals surface area contributed by atoms with Gasteiger partial charge in [-0.15, -0.1) is 0 Å². The molecule has 1 rings (SSSR count). The maximum atomic E-state index is 11.0. The molecule has 0 bridgehead atoms. The molecule has 0 aliphatic rings. The summed E-state index contributed by atoms with van der Waals surface area (Å²) in [7, 11) is 0. The number of benzene rings is 1. The first-order valence-corrected chi connectivity index (χ1v) is 6.27. The Morgan fingerprint density at radius 1 is 1.44 bits per heavy atom. The Morgan fingerprint density at radius 2 is 2.12 bits per heavy atom. The number of aliphatic carboxylic acids is 1. The predicted molar refractivity (Wildman–Crippen MR) is 68.4 cm³/mol. The highest BCUT2D eigenvalue weighted by atomic mass is 79.9. The van der Waals surface area contributed by atoms with E-state index in [2.05, 4.69) is 15.9 Å². The summed E-state index contributed by atoms with van der Waals surface area (Å²) in [6.45, 7) is 3.92. The molecule has 88 valence electrons. The normalized spacial score (nSPS) is 12.8. The van der Waals surface area contributed by atoms with E-state index in [1.165, 1.54) is 5.56 Å². The van der Waals surface area contributed by atoms with Gasteiger partial charge in [-0.3, -0.25) is 4.79 Å². The van der Waals surface area contributed by atoms with Crippen molar-refractivity contribution in [1.82, 2.24) is 0 Å². The van der Waals surface area contributed by atoms with E-state index >= 15 is 0 Å². The summed E-state index contributed by atoms with van der Waals surface area (Å²) in [6.07, 6.45) is 1.51. The molecule has 1 atom stereocenters. The van der Waals surface area contributed by atoms with Crippen LogP contribution in [0.2, 0.25) is 0 Å². The lowest BCUT2D eigenvalue weighted by molar-refractivity contribution is -0.143. The van der Waals surface area contributed by atoms with E-state index < -0.39 is 5.97 Å². The summed E-state index contributed by atoms with van der Waals surface area (Å²) in [6, 6.07) is 8.02. The summed E-state index contributed by atoms with van der Waals surface area (Å²) in [5.74, 6) is -0.756. The van der Waals surface area contributed by atoms with Crippen LogP contribution in [-0.2, 0) is 11.2 Å². The molecule has 1 aromatic rings. The van der Waals surface area contributed by atoms with Crippen molar-refractivity contribution >= 4 is 21.9 Å². The molecule has 0 spiro atoms. The van der Waals surface area contributed by atoms with Gasteiger partial charge in [-0.1, -0.05) is 41.9 Å². The molecule has 1 N–H and O–H groups in total. The number of halogens is 1. The highest BCUT2D eigenvalue weighted by molar-refractivity contribution is 9.10. The second-order valence-corrected chi connectivity index (χ2v) is 5.27. The molecule has 0 aliphatic heterocycles. The van der Waals surface area contributed by atoms with Crippen LogP contribution in [0.1, 0.15) is 25.8 Å². The van der Waals surface area contributed by atoms with Crippen LogP contribution >= 0.6 is 15.9 Å². The fourth-order valence-electron chi connectivity index (χ4n) is 1.76. The van der Waals surface area contributed by atoms with Gasteiger partial charge in [0.15, 0.2) is 0 Å². The van der Waals surface area contributed by atoms with Crippen molar-refractivity contribution in [1.29, 1.82) is 0 Å². The van der Waals surface area contributed by atoms with E-state index in [4.69, 9.17) is 5.11 Å². The summed E-state index contributed by atoms with van der Waals surface area (Å²) >= 11 is 3.41. The molecule has 0 amide bonds. The van der Waals surface area contributed by atoms with E-state index in [1.54, 1.807) is 0 Å². The number of rotatable bonds is 5. The van der Waals surface area contributed by atoms with Crippen molar-refractivity contribution < 1.29 is 9.90 Å². The first-order valence-electron chi connectivity index (χ1n) is 5.48. The molecule has 3 heteroatoms. The van der Waals surface area contributed by atoms with E-state index in [1.807, 2.05) is 38.1 Å². The minimum absolute atomic E-state index is 0.185. The number of carbonyl (C=O) groups is 1. The zero-order chi connectivity index (χ0) is 12.1. The fourth-order valence-corrected chi connectivity index (χ4v) is 2.20. The van der Waals surface area contributed by atoms with Gasteiger partial charge in [0.25, 0.3) is 0 Å². The Bertz CT molecular complexity index is 361. The molecule has 0 heterocycles. The molecular formula is C13H17BrO2. The molecule has 0 aromatic heterocycles.